The number of carbonyl (C=O) groups is 1. The van der Waals surface area contributed by atoms with Crippen LogP contribution in [0.4, 0.5) is 0 Å². The second kappa shape index (κ2) is 5.77. The van der Waals surface area contributed by atoms with Gasteiger partial charge in [-0.15, -0.1) is 0 Å². The average Bonchev–Trinajstić information content (AvgIpc) is 2.60. The minimum atomic E-state index is 0.112. The molecule has 0 saturated carbocycles. The number of ketones is 1. The number of rotatable bonds is 6. The summed E-state index contributed by atoms with van der Waals surface area (Å²) in [5.41, 5.74) is 0. The molecule has 4 heteroatoms. The minimum absolute atomic E-state index is 0.112. The summed E-state index contributed by atoms with van der Waals surface area (Å²) in [6.45, 7) is 9.02. The van der Waals surface area contributed by atoms with E-state index in [2.05, 4.69) is 23.9 Å². The van der Waals surface area contributed by atoms with Crippen LogP contribution in [0.3, 0.4) is 0 Å². The third-order valence-electron chi connectivity index (χ3n) is 2.47. The maximum Gasteiger partial charge on any atom is 0.138 e. The number of aromatic nitrogens is 3. The van der Waals surface area contributed by atoms with Gasteiger partial charge in [0.2, 0.25) is 0 Å². The van der Waals surface area contributed by atoms with E-state index in [4.69, 9.17) is 0 Å². The van der Waals surface area contributed by atoms with Crippen LogP contribution in [0.25, 0.3) is 0 Å². The Balaban J connectivity index is 2.54. The number of aryl methyl sites for hydroxylation is 1. The Hall–Kier alpha value is -1.19. The molecule has 0 bridgehead atoms. The summed E-state index contributed by atoms with van der Waals surface area (Å²) in [4.78, 5) is 15.7. The predicted octanol–water partition coefficient (Wildman–Crippen LogP) is 2.09. The lowest BCUT2D eigenvalue weighted by Crippen LogP contribution is -2.13. The summed E-state index contributed by atoms with van der Waals surface area (Å²) in [7, 11) is 0. The maximum absolute atomic E-state index is 11.5. The Bertz CT molecular complexity index is 342. The molecule has 1 heterocycles. The van der Waals surface area contributed by atoms with Crippen molar-refractivity contribution in [2.45, 2.75) is 47.1 Å². The van der Waals surface area contributed by atoms with Crippen molar-refractivity contribution in [2.24, 2.45) is 11.8 Å². The van der Waals surface area contributed by atoms with Gasteiger partial charge in [-0.3, -0.25) is 4.79 Å². The van der Waals surface area contributed by atoms with Crippen LogP contribution in [-0.2, 0) is 17.8 Å². The molecule has 0 amide bonds. The van der Waals surface area contributed by atoms with Crippen LogP contribution in [0.15, 0.2) is 6.33 Å². The summed E-state index contributed by atoms with van der Waals surface area (Å²) in [5.74, 6) is 1.87. The zero-order valence-electron chi connectivity index (χ0n) is 10.6. The van der Waals surface area contributed by atoms with Crippen LogP contribution in [0.5, 0.6) is 0 Å². The molecule has 90 valence electrons. The first kappa shape index (κ1) is 12.9. The van der Waals surface area contributed by atoms with Crippen molar-refractivity contribution in [3.05, 3.63) is 12.2 Å². The Morgan fingerprint density at radius 3 is 2.62 bits per heavy atom. The molecule has 0 saturated heterocycles. The largest absolute Gasteiger partial charge is 0.299 e. The average molecular weight is 223 g/mol. The number of hydrogen-bond acceptors (Lipinski definition) is 3. The standard InChI is InChI=1S/C12H21N3O/c1-9(2)7-15-12(13-8-14-15)6-5-11(16)10(3)4/h8-10H,5-7H2,1-4H3. The molecule has 1 aromatic rings. The van der Waals surface area contributed by atoms with Crippen molar-refractivity contribution in [3.8, 4) is 0 Å². The lowest BCUT2D eigenvalue weighted by Gasteiger charge is -2.08. The molecule has 0 unspecified atom stereocenters. The first-order chi connectivity index (χ1) is 7.50. The van der Waals surface area contributed by atoms with Crippen molar-refractivity contribution < 1.29 is 4.79 Å². The fraction of sp³-hybridized carbons (Fsp3) is 0.750. The molecule has 0 fully saturated rings. The number of Topliss-reactive ketones (excluding diaryl/α,β-unsaturated/α-hetero) is 1. The van der Waals surface area contributed by atoms with Gasteiger partial charge in [0, 0.05) is 25.3 Å². The summed E-state index contributed by atoms with van der Waals surface area (Å²) >= 11 is 0. The molecule has 16 heavy (non-hydrogen) atoms. The molecule has 0 spiro atoms. The SMILES string of the molecule is CC(C)Cn1ncnc1CCC(=O)C(C)C. The monoisotopic (exact) mass is 223 g/mol. The van der Waals surface area contributed by atoms with Crippen molar-refractivity contribution in [1.82, 2.24) is 14.8 Å². The van der Waals surface area contributed by atoms with Gasteiger partial charge in [0.15, 0.2) is 0 Å². The topological polar surface area (TPSA) is 47.8 Å². The van der Waals surface area contributed by atoms with Gasteiger partial charge in [0.1, 0.15) is 17.9 Å². The number of hydrogen-bond donors (Lipinski definition) is 0. The van der Waals surface area contributed by atoms with Crippen molar-refractivity contribution >= 4 is 5.78 Å². The summed E-state index contributed by atoms with van der Waals surface area (Å²) in [6, 6.07) is 0. The minimum Gasteiger partial charge on any atom is -0.299 e. The molecule has 1 rings (SSSR count). The molecule has 4 nitrogen and oxygen atoms in total. The highest BCUT2D eigenvalue weighted by molar-refractivity contribution is 5.80. The molecular weight excluding hydrogens is 202 g/mol. The van der Waals surface area contributed by atoms with Crippen molar-refractivity contribution in [1.29, 1.82) is 0 Å². The number of nitrogens with zero attached hydrogens (tertiary/aromatic N) is 3. The fourth-order valence-corrected chi connectivity index (χ4v) is 1.50. The normalized spacial score (nSPS) is 11.4. The highest BCUT2D eigenvalue weighted by Crippen LogP contribution is 2.06. The van der Waals surface area contributed by atoms with E-state index in [9.17, 15) is 4.79 Å². The third kappa shape index (κ3) is 3.76. The van der Waals surface area contributed by atoms with Crippen LogP contribution < -0.4 is 0 Å². The summed E-state index contributed by atoms with van der Waals surface area (Å²) in [6.07, 6.45) is 2.83. The van der Waals surface area contributed by atoms with Crippen molar-refractivity contribution in [2.75, 3.05) is 0 Å². The molecule has 0 atom stereocenters. The van der Waals surface area contributed by atoms with E-state index in [-0.39, 0.29) is 5.92 Å². The van der Waals surface area contributed by atoms with Gasteiger partial charge in [0.25, 0.3) is 0 Å². The molecule has 0 aliphatic rings. The lowest BCUT2D eigenvalue weighted by molar-refractivity contribution is -0.121. The molecule has 0 N–H and O–H groups in total. The van der Waals surface area contributed by atoms with Gasteiger partial charge in [-0.25, -0.2) is 9.67 Å². The van der Waals surface area contributed by atoms with Gasteiger partial charge in [-0.2, -0.15) is 5.10 Å². The van der Waals surface area contributed by atoms with Gasteiger partial charge < -0.3 is 0 Å². The van der Waals surface area contributed by atoms with Gasteiger partial charge in [-0.05, 0) is 5.92 Å². The molecular formula is C12H21N3O. The molecule has 1 aromatic heterocycles. The van der Waals surface area contributed by atoms with E-state index in [1.54, 1.807) is 6.33 Å². The van der Waals surface area contributed by atoms with Crippen LogP contribution in [0, 0.1) is 11.8 Å². The lowest BCUT2D eigenvalue weighted by atomic mass is 10.0. The second-order valence-corrected chi connectivity index (χ2v) is 4.87. The van der Waals surface area contributed by atoms with E-state index in [0.717, 1.165) is 12.4 Å². The van der Waals surface area contributed by atoms with Crippen LogP contribution in [0.1, 0.15) is 39.9 Å². The predicted molar refractivity (Wildman–Crippen MR) is 63.0 cm³/mol. The van der Waals surface area contributed by atoms with Gasteiger partial charge in [0.05, 0.1) is 0 Å². The first-order valence-electron chi connectivity index (χ1n) is 5.90. The van der Waals surface area contributed by atoms with E-state index >= 15 is 0 Å². The summed E-state index contributed by atoms with van der Waals surface area (Å²) in [5, 5.41) is 4.17. The Morgan fingerprint density at radius 1 is 1.38 bits per heavy atom. The van der Waals surface area contributed by atoms with E-state index < -0.39 is 0 Å². The Kier molecular flexibility index (Phi) is 4.65. The molecule has 0 aromatic carbocycles. The zero-order chi connectivity index (χ0) is 12.1. The van der Waals surface area contributed by atoms with Gasteiger partial charge in [-0.1, -0.05) is 27.7 Å². The zero-order valence-corrected chi connectivity index (χ0v) is 10.6. The highest BCUT2D eigenvalue weighted by Gasteiger charge is 2.11. The first-order valence-corrected chi connectivity index (χ1v) is 5.90. The molecule has 0 aliphatic heterocycles. The van der Waals surface area contributed by atoms with Crippen LogP contribution in [-0.4, -0.2) is 20.5 Å². The van der Waals surface area contributed by atoms with Crippen molar-refractivity contribution in [3.63, 3.8) is 0 Å². The third-order valence-corrected chi connectivity index (χ3v) is 2.47. The van der Waals surface area contributed by atoms with Crippen LogP contribution >= 0.6 is 0 Å². The molecule has 0 radical (unpaired) electrons. The van der Waals surface area contributed by atoms with E-state index in [1.807, 2.05) is 18.5 Å². The Morgan fingerprint density at radius 2 is 2.06 bits per heavy atom. The van der Waals surface area contributed by atoms with Crippen LogP contribution in [0.2, 0.25) is 0 Å². The maximum atomic E-state index is 11.5. The quantitative estimate of drug-likeness (QED) is 0.742. The molecule has 0 aliphatic carbocycles. The fourth-order valence-electron chi connectivity index (χ4n) is 1.50. The Labute approximate surface area is 97.1 Å². The van der Waals surface area contributed by atoms with Gasteiger partial charge >= 0.3 is 0 Å². The van der Waals surface area contributed by atoms with E-state index in [1.165, 1.54) is 0 Å². The highest BCUT2D eigenvalue weighted by atomic mass is 16.1. The van der Waals surface area contributed by atoms with E-state index in [0.29, 0.717) is 24.5 Å². The smallest absolute Gasteiger partial charge is 0.138 e. The second-order valence-electron chi connectivity index (χ2n) is 4.87. The summed E-state index contributed by atoms with van der Waals surface area (Å²) < 4.78 is 1.90. The number of carbonyl (C=O) groups excluding carboxylic acids is 1.